The van der Waals surface area contributed by atoms with Crippen molar-refractivity contribution in [3.63, 3.8) is 0 Å². The molecule has 0 saturated carbocycles. The average molecular weight is 334 g/mol. The number of carboxylic acid groups (broad SMARTS) is 1. The molecule has 0 bridgehead atoms. The molecule has 0 spiro atoms. The van der Waals surface area contributed by atoms with E-state index in [9.17, 15) is 9.90 Å². The summed E-state index contributed by atoms with van der Waals surface area (Å²) >= 11 is 0. The molecule has 4 rings (SSSR count). The summed E-state index contributed by atoms with van der Waals surface area (Å²) in [4.78, 5) is 11.8. The predicted octanol–water partition coefficient (Wildman–Crippen LogP) is 4.04. The number of aromatic nitrogens is 1. The van der Waals surface area contributed by atoms with Crippen molar-refractivity contribution in [3.8, 4) is 0 Å². The first-order chi connectivity index (χ1) is 12.2. The van der Waals surface area contributed by atoms with E-state index >= 15 is 0 Å². The van der Waals surface area contributed by atoms with Crippen molar-refractivity contribution in [2.75, 3.05) is 0 Å². The molecule has 1 aliphatic carbocycles. The van der Waals surface area contributed by atoms with Gasteiger partial charge in [-0.1, -0.05) is 42.5 Å². The minimum atomic E-state index is -0.875. The van der Waals surface area contributed by atoms with Crippen LogP contribution in [0.1, 0.15) is 46.1 Å². The number of para-hydroxylation sites is 1. The Morgan fingerprint density at radius 3 is 2.80 bits per heavy atom. The van der Waals surface area contributed by atoms with Crippen LogP contribution >= 0.6 is 0 Å². The Hall–Kier alpha value is -2.59. The fraction of sp³-hybridized carbons (Fsp3) is 0.286. The molecule has 0 radical (unpaired) electrons. The van der Waals surface area contributed by atoms with Crippen LogP contribution in [0.5, 0.6) is 0 Å². The van der Waals surface area contributed by atoms with E-state index in [1.54, 1.807) is 4.57 Å². The molecule has 4 nitrogen and oxygen atoms in total. The van der Waals surface area contributed by atoms with Gasteiger partial charge in [0.2, 0.25) is 0 Å². The van der Waals surface area contributed by atoms with Crippen LogP contribution in [0.25, 0.3) is 10.9 Å². The molecule has 1 atom stereocenters. The number of hydrogen-bond donors (Lipinski definition) is 2. The standard InChI is InChI=1S/C21H22N2O2/c1-23-19-12-5-4-10-16(19)17(20(23)21(24)25)13-22-18-11-6-8-14-7-2-3-9-15(14)18/h2-5,7,9-10,12,18,22H,6,8,11,13H2,1H3,(H,24,25)/t18-/m1/s1. The van der Waals surface area contributed by atoms with Gasteiger partial charge in [0, 0.05) is 36.1 Å². The van der Waals surface area contributed by atoms with Crippen molar-refractivity contribution in [3.05, 3.63) is 70.9 Å². The van der Waals surface area contributed by atoms with Crippen LogP contribution in [-0.2, 0) is 20.0 Å². The normalized spacial score (nSPS) is 16.8. The highest BCUT2D eigenvalue weighted by Gasteiger charge is 2.23. The van der Waals surface area contributed by atoms with Gasteiger partial charge in [0.05, 0.1) is 0 Å². The Kier molecular flexibility index (Phi) is 4.06. The molecule has 0 aliphatic heterocycles. The first kappa shape index (κ1) is 15.9. The average Bonchev–Trinajstić information content (AvgIpc) is 2.92. The summed E-state index contributed by atoms with van der Waals surface area (Å²) in [5.74, 6) is -0.875. The van der Waals surface area contributed by atoms with E-state index in [4.69, 9.17) is 0 Å². The van der Waals surface area contributed by atoms with Crippen LogP contribution in [0.2, 0.25) is 0 Å². The molecular weight excluding hydrogens is 312 g/mol. The second kappa shape index (κ2) is 6.37. The number of fused-ring (bicyclic) bond motifs is 2. The maximum absolute atomic E-state index is 11.8. The fourth-order valence-electron chi connectivity index (χ4n) is 4.11. The highest BCUT2D eigenvalue weighted by Crippen LogP contribution is 2.31. The van der Waals surface area contributed by atoms with Crippen molar-refractivity contribution < 1.29 is 9.90 Å². The SMILES string of the molecule is Cn1c(C(=O)O)c(CN[C@@H]2CCCc3ccccc32)c2ccccc21. The van der Waals surface area contributed by atoms with Crippen LogP contribution in [0, 0.1) is 0 Å². The Labute approximate surface area is 147 Å². The van der Waals surface area contributed by atoms with E-state index in [1.165, 1.54) is 11.1 Å². The van der Waals surface area contributed by atoms with Crippen LogP contribution in [0.3, 0.4) is 0 Å². The molecule has 1 aromatic heterocycles. The summed E-state index contributed by atoms with van der Waals surface area (Å²) in [5, 5.41) is 14.3. The van der Waals surface area contributed by atoms with Gasteiger partial charge < -0.3 is 15.0 Å². The number of benzene rings is 2. The lowest BCUT2D eigenvalue weighted by Gasteiger charge is -2.26. The van der Waals surface area contributed by atoms with E-state index in [0.717, 1.165) is 35.7 Å². The maximum atomic E-state index is 11.8. The number of aromatic carboxylic acids is 1. The minimum Gasteiger partial charge on any atom is -0.477 e. The van der Waals surface area contributed by atoms with Crippen molar-refractivity contribution in [2.45, 2.75) is 31.8 Å². The molecule has 2 aromatic carbocycles. The number of rotatable bonds is 4. The van der Waals surface area contributed by atoms with Crippen LogP contribution in [-0.4, -0.2) is 15.6 Å². The van der Waals surface area contributed by atoms with Crippen molar-refractivity contribution in [1.82, 2.24) is 9.88 Å². The quantitative estimate of drug-likeness (QED) is 0.757. The van der Waals surface area contributed by atoms with E-state index in [-0.39, 0.29) is 6.04 Å². The van der Waals surface area contributed by atoms with Gasteiger partial charge in [-0.3, -0.25) is 0 Å². The number of carbonyl (C=O) groups is 1. The third-order valence-corrected chi connectivity index (χ3v) is 5.31. The molecule has 0 saturated heterocycles. The second-order valence-corrected chi connectivity index (χ2v) is 6.73. The van der Waals surface area contributed by atoms with E-state index < -0.39 is 5.97 Å². The molecule has 3 aromatic rings. The Morgan fingerprint density at radius 1 is 1.20 bits per heavy atom. The summed E-state index contributed by atoms with van der Waals surface area (Å²) in [6.45, 7) is 0.558. The van der Waals surface area contributed by atoms with E-state index in [1.807, 2.05) is 31.3 Å². The zero-order valence-corrected chi connectivity index (χ0v) is 14.3. The minimum absolute atomic E-state index is 0.283. The largest absolute Gasteiger partial charge is 0.477 e. The molecule has 1 heterocycles. The van der Waals surface area contributed by atoms with Gasteiger partial charge in [-0.05, 0) is 36.5 Å². The molecule has 0 amide bonds. The van der Waals surface area contributed by atoms with Gasteiger partial charge in [0.1, 0.15) is 5.69 Å². The number of aryl methyl sites for hydroxylation is 2. The fourth-order valence-corrected chi connectivity index (χ4v) is 4.11. The van der Waals surface area contributed by atoms with Crippen molar-refractivity contribution in [2.24, 2.45) is 7.05 Å². The molecule has 4 heteroatoms. The highest BCUT2D eigenvalue weighted by atomic mass is 16.4. The molecule has 2 N–H and O–H groups in total. The summed E-state index contributed by atoms with van der Waals surface area (Å²) in [5.41, 5.74) is 4.96. The first-order valence-electron chi connectivity index (χ1n) is 8.77. The summed E-state index contributed by atoms with van der Waals surface area (Å²) in [6, 6.07) is 16.7. The van der Waals surface area contributed by atoms with Crippen molar-refractivity contribution in [1.29, 1.82) is 0 Å². The smallest absolute Gasteiger partial charge is 0.352 e. The van der Waals surface area contributed by atoms with E-state index in [2.05, 4.69) is 29.6 Å². The predicted molar refractivity (Wildman–Crippen MR) is 98.8 cm³/mol. The number of hydrogen-bond acceptors (Lipinski definition) is 2. The molecule has 25 heavy (non-hydrogen) atoms. The monoisotopic (exact) mass is 334 g/mol. The van der Waals surface area contributed by atoms with Gasteiger partial charge in [-0.25, -0.2) is 4.79 Å². The number of carboxylic acids is 1. The number of nitrogens with one attached hydrogen (secondary N) is 1. The van der Waals surface area contributed by atoms with Crippen molar-refractivity contribution >= 4 is 16.9 Å². The van der Waals surface area contributed by atoms with Gasteiger partial charge in [0.15, 0.2) is 0 Å². The summed E-state index contributed by atoms with van der Waals surface area (Å²) < 4.78 is 1.78. The van der Waals surface area contributed by atoms with E-state index in [0.29, 0.717) is 12.2 Å². The molecule has 128 valence electrons. The number of nitrogens with zero attached hydrogens (tertiary/aromatic N) is 1. The third-order valence-electron chi connectivity index (χ3n) is 5.31. The molecule has 0 fully saturated rings. The second-order valence-electron chi connectivity index (χ2n) is 6.73. The highest BCUT2D eigenvalue weighted by molar-refractivity contribution is 5.98. The lowest BCUT2D eigenvalue weighted by atomic mass is 9.87. The Bertz CT molecular complexity index is 942. The van der Waals surface area contributed by atoms with Gasteiger partial charge in [0.25, 0.3) is 0 Å². The molecule has 1 aliphatic rings. The summed E-state index contributed by atoms with van der Waals surface area (Å²) in [7, 11) is 1.82. The van der Waals surface area contributed by atoms with Crippen LogP contribution < -0.4 is 5.32 Å². The zero-order chi connectivity index (χ0) is 17.4. The summed E-state index contributed by atoms with van der Waals surface area (Å²) in [6.07, 6.45) is 3.38. The lowest BCUT2D eigenvalue weighted by molar-refractivity contribution is 0.0685. The Morgan fingerprint density at radius 2 is 1.96 bits per heavy atom. The first-order valence-corrected chi connectivity index (χ1v) is 8.77. The topological polar surface area (TPSA) is 54.3 Å². The van der Waals surface area contributed by atoms with Gasteiger partial charge >= 0.3 is 5.97 Å². The molecule has 0 unspecified atom stereocenters. The molecular formula is C21H22N2O2. The lowest BCUT2D eigenvalue weighted by Crippen LogP contribution is -2.25. The van der Waals surface area contributed by atoms with Crippen LogP contribution in [0.15, 0.2) is 48.5 Å². The van der Waals surface area contributed by atoms with Crippen LogP contribution in [0.4, 0.5) is 0 Å². The third kappa shape index (κ3) is 2.72. The zero-order valence-electron chi connectivity index (χ0n) is 14.3. The van der Waals surface area contributed by atoms with Gasteiger partial charge in [-0.2, -0.15) is 0 Å². The maximum Gasteiger partial charge on any atom is 0.352 e. The van der Waals surface area contributed by atoms with Gasteiger partial charge in [-0.15, -0.1) is 0 Å². The Balaban J connectivity index is 1.68.